The van der Waals surface area contributed by atoms with Crippen molar-refractivity contribution in [2.75, 3.05) is 0 Å². The topological polar surface area (TPSA) is 0 Å². The lowest BCUT2D eigenvalue weighted by molar-refractivity contribution is 0.632. The van der Waals surface area contributed by atoms with E-state index in [2.05, 4.69) is 74.5 Å². The van der Waals surface area contributed by atoms with Gasteiger partial charge in [-0.25, -0.2) is 4.39 Å². The molecule has 0 aromatic heterocycles. The molecule has 4 rings (SSSR count). The highest BCUT2D eigenvalue weighted by Gasteiger charge is 2.08. The van der Waals surface area contributed by atoms with Crippen molar-refractivity contribution in [1.29, 1.82) is 0 Å². The van der Waals surface area contributed by atoms with Gasteiger partial charge < -0.3 is 0 Å². The van der Waals surface area contributed by atoms with Gasteiger partial charge in [-0.1, -0.05) is 112 Å². The number of halogens is 1. The van der Waals surface area contributed by atoms with E-state index in [1.165, 1.54) is 41.5 Å². The third kappa shape index (κ3) is 5.16. The largest absolute Gasteiger partial charge is 0.206 e. The molecule has 0 aliphatic rings. The second-order valence-electron chi connectivity index (χ2n) is 8.48. The molecule has 0 atom stereocenters. The zero-order valence-corrected chi connectivity index (χ0v) is 19.1. The summed E-state index contributed by atoms with van der Waals surface area (Å²) >= 11 is 0. The molecule has 4 aromatic rings. The number of rotatable bonds is 8. The molecule has 32 heavy (non-hydrogen) atoms. The zero-order valence-electron chi connectivity index (χ0n) is 19.1. The summed E-state index contributed by atoms with van der Waals surface area (Å²) in [5.74, 6) is -0.180. The Balaban J connectivity index is 1.51. The van der Waals surface area contributed by atoms with Crippen molar-refractivity contribution in [2.45, 2.75) is 46.0 Å². The Bertz CT molecular complexity index is 1150. The first-order chi connectivity index (χ1) is 15.7. The fourth-order valence-corrected chi connectivity index (χ4v) is 4.18. The van der Waals surface area contributed by atoms with Crippen molar-refractivity contribution in [3.63, 3.8) is 0 Å². The minimum atomic E-state index is -0.180. The smallest absolute Gasteiger partial charge is 0.131 e. The van der Waals surface area contributed by atoms with Gasteiger partial charge in [0.15, 0.2) is 0 Å². The predicted molar refractivity (Wildman–Crippen MR) is 135 cm³/mol. The van der Waals surface area contributed by atoms with Crippen LogP contribution in [-0.4, -0.2) is 0 Å². The number of unbranched alkanes of at least 4 members (excludes halogenated alkanes) is 2. The molecule has 0 unspecified atom stereocenters. The van der Waals surface area contributed by atoms with Crippen LogP contribution in [0.1, 0.15) is 44.2 Å². The summed E-state index contributed by atoms with van der Waals surface area (Å²) in [5, 5.41) is 0. The van der Waals surface area contributed by atoms with Gasteiger partial charge in [0.2, 0.25) is 0 Å². The van der Waals surface area contributed by atoms with Crippen molar-refractivity contribution in [3.05, 3.63) is 108 Å². The summed E-state index contributed by atoms with van der Waals surface area (Å²) in [7, 11) is 0. The minimum Gasteiger partial charge on any atom is -0.206 e. The summed E-state index contributed by atoms with van der Waals surface area (Å²) in [6.45, 7) is 4.39. The van der Waals surface area contributed by atoms with E-state index >= 15 is 0 Å². The van der Waals surface area contributed by atoms with Crippen LogP contribution in [0, 0.1) is 5.82 Å². The second-order valence-corrected chi connectivity index (χ2v) is 8.48. The molecule has 0 aliphatic carbocycles. The van der Waals surface area contributed by atoms with Crippen LogP contribution in [-0.2, 0) is 12.8 Å². The zero-order chi connectivity index (χ0) is 22.3. The molecule has 162 valence electrons. The molecular formula is C31H31F. The lowest BCUT2D eigenvalue weighted by Gasteiger charge is -2.09. The third-order valence-electron chi connectivity index (χ3n) is 6.19. The van der Waals surface area contributed by atoms with Gasteiger partial charge in [0.05, 0.1) is 0 Å². The quantitative estimate of drug-likeness (QED) is 0.248. The van der Waals surface area contributed by atoms with Crippen molar-refractivity contribution < 1.29 is 4.39 Å². The predicted octanol–water partition coefficient (Wildman–Crippen LogP) is 9.12. The van der Waals surface area contributed by atoms with Gasteiger partial charge in [-0.2, -0.15) is 0 Å². The maximum atomic E-state index is 15.0. The highest BCUT2D eigenvalue weighted by molar-refractivity contribution is 5.74. The van der Waals surface area contributed by atoms with Gasteiger partial charge in [-0.05, 0) is 64.3 Å². The molecule has 1 heteroatoms. The first-order valence-electron chi connectivity index (χ1n) is 11.8. The molecule has 4 aromatic carbocycles. The average Bonchev–Trinajstić information content (AvgIpc) is 2.85. The van der Waals surface area contributed by atoms with Crippen molar-refractivity contribution in [1.82, 2.24) is 0 Å². The molecular weight excluding hydrogens is 391 g/mol. The van der Waals surface area contributed by atoms with Gasteiger partial charge in [0.25, 0.3) is 0 Å². The van der Waals surface area contributed by atoms with Crippen LogP contribution >= 0.6 is 0 Å². The molecule has 0 radical (unpaired) electrons. The summed E-state index contributed by atoms with van der Waals surface area (Å²) in [6.07, 6.45) is 5.81. The molecule has 0 nitrogen and oxygen atoms in total. The highest BCUT2D eigenvalue weighted by atomic mass is 19.1. The lowest BCUT2D eigenvalue weighted by Crippen LogP contribution is -1.89. The van der Waals surface area contributed by atoms with Crippen LogP contribution in [0.3, 0.4) is 0 Å². The van der Waals surface area contributed by atoms with E-state index in [-0.39, 0.29) is 5.82 Å². The first-order valence-corrected chi connectivity index (χ1v) is 11.8. The van der Waals surface area contributed by atoms with E-state index in [1.54, 1.807) is 6.07 Å². The van der Waals surface area contributed by atoms with E-state index in [1.807, 2.05) is 24.3 Å². The second kappa shape index (κ2) is 10.4. The van der Waals surface area contributed by atoms with E-state index in [0.29, 0.717) is 5.56 Å². The molecule has 0 amide bonds. The molecule has 0 bridgehead atoms. The van der Waals surface area contributed by atoms with E-state index in [0.717, 1.165) is 29.5 Å². The Hall–Kier alpha value is -3.19. The number of aryl methyl sites for hydroxylation is 2. The van der Waals surface area contributed by atoms with E-state index < -0.39 is 0 Å². The number of hydrogen-bond donors (Lipinski definition) is 0. The van der Waals surface area contributed by atoms with Crippen LogP contribution in [0.2, 0.25) is 0 Å². The minimum absolute atomic E-state index is 0.180. The SMILES string of the molecule is CCCCCc1ccc(-c2ccc(-c3ccc(-c4cccc(CC)c4)cc3)cc2F)cc1. The van der Waals surface area contributed by atoms with Gasteiger partial charge in [0.1, 0.15) is 5.82 Å². The van der Waals surface area contributed by atoms with Crippen molar-refractivity contribution in [3.8, 4) is 33.4 Å². The molecule has 0 spiro atoms. The Labute approximate surface area is 191 Å². The molecule has 0 aliphatic heterocycles. The van der Waals surface area contributed by atoms with Gasteiger partial charge in [-0.15, -0.1) is 0 Å². The number of hydrogen-bond acceptors (Lipinski definition) is 0. The standard InChI is InChI=1S/C31H31F/c1-3-5-6-8-24-11-13-27(14-12-24)30-20-19-29(22-31(30)32)26-17-15-25(16-18-26)28-10-7-9-23(4-2)21-28/h7,9-22H,3-6,8H2,1-2H3. The van der Waals surface area contributed by atoms with Gasteiger partial charge in [-0.3, -0.25) is 0 Å². The maximum Gasteiger partial charge on any atom is 0.131 e. The maximum absolute atomic E-state index is 15.0. The summed E-state index contributed by atoms with van der Waals surface area (Å²) < 4.78 is 15.0. The average molecular weight is 423 g/mol. The normalized spacial score (nSPS) is 11.0. The summed E-state index contributed by atoms with van der Waals surface area (Å²) in [6, 6.07) is 30.9. The number of benzene rings is 4. The Morgan fingerprint density at radius 2 is 1.19 bits per heavy atom. The molecule has 0 heterocycles. The lowest BCUT2D eigenvalue weighted by atomic mass is 9.96. The Morgan fingerprint density at radius 1 is 0.562 bits per heavy atom. The van der Waals surface area contributed by atoms with Crippen LogP contribution in [0.5, 0.6) is 0 Å². The van der Waals surface area contributed by atoms with Crippen molar-refractivity contribution in [2.24, 2.45) is 0 Å². The van der Waals surface area contributed by atoms with Crippen LogP contribution in [0.15, 0.2) is 91.0 Å². The molecule has 0 N–H and O–H groups in total. The van der Waals surface area contributed by atoms with Crippen LogP contribution in [0.4, 0.5) is 4.39 Å². The third-order valence-corrected chi connectivity index (χ3v) is 6.19. The van der Waals surface area contributed by atoms with Crippen molar-refractivity contribution >= 4 is 0 Å². The van der Waals surface area contributed by atoms with Crippen LogP contribution < -0.4 is 0 Å². The Morgan fingerprint density at radius 3 is 1.81 bits per heavy atom. The molecule has 0 saturated heterocycles. The van der Waals surface area contributed by atoms with Crippen LogP contribution in [0.25, 0.3) is 33.4 Å². The molecule has 0 saturated carbocycles. The highest BCUT2D eigenvalue weighted by Crippen LogP contribution is 2.30. The first kappa shape index (κ1) is 22.0. The van der Waals surface area contributed by atoms with E-state index in [9.17, 15) is 4.39 Å². The fourth-order valence-electron chi connectivity index (χ4n) is 4.18. The van der Waals surface area contributed by atoms with Gasteiger partial charge in [0, 0.05) is 5.56 Å². The Kier molecular flexibility index (Phi) is 7.17. The summed E-state index contributed by atoms with van der Waals surface area (Å²) in [5.41, 5.74) is 8.56. The monoisotopic (exact) mass is 422 g/mol. The fraction of sp³-hybridized carbons (Fsp3) is 0.226. The molecule has 0 fully saturated rings. The van der Waals surface area contributed by atoms with E-state index in [4.69, 9.17) is 0 Å². The van der Waals surface area contributed by atoms with Gasteiger partial charge >= 0.3 is 0 Å². The summed E-state index contributed by atoms with van der Waals surface area (Å²) in [4.78, 5) is 0.